The molecular weight excluding hydrogens is 325 g/mol. The minimum Gasteiger partial charge on any atom is -0.462 e. The van der Waals surface area contributed by atoms with E-state index < -0.39 is 23.3 Å². The van der Waals surface area contributed by atoms with E-state index in [9.17, 15) is 22.8 Å². The molecule has 24 heavy (non-hydrogen) atoms. The number of esters is 1. The van der Waals surface area contributed by atoms with Crippen LogP contribution < -0.4 is 5.56 Å². The highest BCUT2D eigenvalue weighted by atomic mass is 19.4. The van der Waals surface area contributed by atoms with Gasteiger partial charge in [0.1, 0.15) is 5.56 Å². The van der Waals surface area contributed by atoms with Crippen LogP contribution >= 0.6 is 0 Å². The summed E-state index contributed by atoms with van der Waals surface area (Å²) in [5, 5.41) is 0. The van der Waals surface area contributed by atoms with Gasteiger partial charge < -0.3 is 4.74 Å². The van der Waals surface area contributed by atoms with Crippen molar-refractivity contribution in [2.24, 2.45) is 7.05 Å². The summed E-state index contributed by atoms with van der Waals surface area (Å²) in [6.45, 7) is 3.45. The van der Waals surface area contributed by atoms with Crippen molar-refractivity contribution in [3.8, 4) is 5.69 Å². The lowest BCUT2D eigenvalue weighted by atomic mass is 10.2. The van der Waals surface area contributed by atoms with Crippen molar-refractivity contribution in [2.75, 3.05) is 6.61 Å². The van der Waals surface area contributed by atoms with E-state index >= 15 is 0 Å². The van der Waals surface area contributed by atoms with Crippen LogP contribution in [0.5, 0.6) is 0 Å². The number of rotatable bonds is 4. The molecule has 8 heteroatoms. The summed E-state index contributed by atoms with van der Waals surface area (Å²) in [6.07, 6.45) is -4.17. The molecule has 0 unspecified atom stereocenters. The molecule has 0 fully saturated rings. The summed E-state index contributed by atoms with van der Waals surface area (Å²) in [4.78, 5) is 24.6. The van der Waals surface area contributed by atoms with E-state index in [1.54, 1.807) is 13.8 Å². The van der Waals surface area contributed by atoms with E-state index in [1.165, 1.54) is 23.9 Å². The molecule has 0 saturated carbocycles. The van der Waals surface area contributed by atoms with Gasteiger partial charge in [-0.1, -0.05) is 13.0 Å². The molecule has 130 valence electrons. The fourth-order valence-electron chi connectivity index (χ4n) is 2.57. The summed E-state index contributed by atoms with van der Waals surface area (Å²) in [7, 11) is 1.52. The number of carbonyl (C=O) groups excluding carboxylic acids is 1. The Morgan fingerprint density at radius 3 is 2.46 bits per heavy atom. The summed E-state index contributed by atoms with van der Waals surface area (Å²) in [5.41, 5.74) is -1.30. The molecule has 0 spiro atoms. The Morgan fingerprint density at radius 1 is 1.25 bits per heavy atom. The van der Waals surface area contributed by atoms with Crippen LogP contribution in [-0.2, 0) is 24.4 Å². The van der Waals surface area contributed by atoms with Crippen LogP contribution in [0.4, 0.5) is 13.2 Å². The maximum absolute atomic E-state index is 12.9. The van der Waals surface area contributed by atoms with Gasteiger partial charge >= 0.3 is 12.1 Å². The van der Waals surface area contributed by atoms with E-state index in [0.717, 1.165) is 16.8 Å². The number of hydrogen-bond acceptors (Lipinski definition) is 3. The quantitative estimate of drug-likeness (QED) is 0.803. The Balaban J connectivity index is 2.69. The minimum atomic E-state index is -4.53. The molecular formula is C16H17F3N2O3. The highest BCUT2D eigenvalue weighted by Gasteiger charge is 2.31. The van der Waals surface area contributed by atoms with Gasteiger partial charge in [-0.2, -0.15) is 13.2 Å². The Morgan fingerprint density at radius 2 is 1.92 bits per heavy atom. The molecule has 0 aliphatic carbocycles. The van der Waals surface area contributed by atoms with Gasteiger partial charge in [0.15, 0.2) is 0 Å². The number of halogens is 3. The molecule has 5 nitrogen and oxygen atoms in total. The lowest BCUT2D eigenvalue weighted by Gasteiger charge is -2.12. The SMILES string of the molecule is CCOC(=O)c1c(CC)n(C)n(-c2cccc(C(F)(F)F)c2)c1=O. The van der Waals surface area contributed by atoms with E-state index in [1.807, 2.05) is 0 Å². The van der Waals surface area contributed by atoms with Gasteiger partial charge in [0.25, 0.3) is 5.56 Å². The van der Waals surface area contributed by atoms with Crippen LogP contribution in [0, 0.1) is 0 Å². The molecule has 0 amide bonds. The van der Waals surface area contributed by atoms with E-state index in [-0.39, 0.29) is 17.9 Å². The van der Waals surface area contributed by atoms with Crippen molar-refractivity contribution < 1.29 is 22.7 Å². The van der Waals surface area contributed by atoms with Crippen molar-refractivity contribution in [2.45, 2.75) is 26.4 Å². The number of hydrogen-bond donors (Lipinski definition) is 0. The van der Waals surface area contributed by atoms with Gasteiger partial charge in [-0.3, -0.25) is 9.48 Å². The van der Waals surface area contributed by atoms with Crippen molar-refractivity contribution >= 4 is 5.97 Å². The molecule has 0 aliphatic heterocycles. The van der Waals surface area contributed by atoms with Crippen molar-refractivity contribution in [3.63, 3.8) is 0 Å². The van der Waals surface area contributed by atoms with Gasteiger partial charge in [-0.25, -0.2) is 9.48 Å². The molecule has 1 heterocycles. The molecule has 0 radical (unpaired) electrons. The third-order valence-corrected chi connectivity index (χ3v) is 3.62. The predicted octanol–water partition coefficient (Wildman–Crippen LogP) is 2.93. The first-order valence-corrected chi connectivity index (χ1v) is 7.38. The van der Waals surface area contributed by atoms with Gasteiger partial charge in [-0.15, -0.1) is 0 Å². The molecule has 2 rings (SSSR count). The van der Waals surface area contributed by atoms with E-state index in [4.69, 9.17) is 4.74 Å². The summed E-state index contributed by atoms with van der Waals surface area (Å²) in [5.74, 6) is -0.777. The fraction of sp³-hybridized carbons (Fsp3) is 0.375. The van der Waals surface area contributed by atoms with Gasteiger partial charge in [0.05, 0.1) is 23.6 Å². The lowest BCUT2D eigenvalue weighted by molar-refractivity contribution is -0.137. The van der Waals surface area contributed by atoms with Crippen molar-refractivity contribution in [1.29, 1.82) is 0 Å². The first kappa shape index (κ1) is 17.8. The molecule has 0 saturated heterocycles. The normalized spacial score (nSPS) is 11.6. The van der Waals surface area contributed by atoms with Crippen LogP contribution in [-0.4, -0.2) is 21.9 Å². The number of carbonyl (C=O) groups is 1. The smallest absolute Gasteiger partial charge is 0.416 e. The summed E-state index contributed by atoms with van der Waals surface area (Å²) >= 11 is 0. The van der Waals surface area contributed by atoms with Crippen LogP contribution in [0.15, 0.2) is 29.1 Å². The Bertz CT molecular complexity index is 819. The summed E-state index contributed by atoms with van der Waals surface area (Å²) in [6, 6.07) is 4.39. The fourth-order valence-corrected chi connectivity index (χ4v) is 2.57. The Hall–Kier alpha value is -2.51. The number of benzene rings is 1. The van der Waals surface area contributed by atoms with Crippen LogP contribution in [0.2, 0.25) is 0 Å². The number of nitrogens with zero attached hydrogens (tertiary/aromatic N) is 2. The second-order valence-electron chi connectivity index (χ2n) is 5.08. The number of ether oxygens (including phenoxy) is 1. The van der Waals surface area contributed by atoms with Gasteiger partial charge in [0.2, 0.25) is 0 Å². The molecule has 1 aromatic heterocycles. The second kappa shape index (κ2) is 6.54. The zero-order valence-corrected chi connectivity index (χ0v) is 13.5. The van der Waals surface area contributed by atoms with E-state index in [0.29, 0.717) is 12.1 Å². The molecule has 2 aromatic rings. The molecule has 0 atom stereocenters. The average Bonchev–Trinajstić information content (AvgIpc) is 2.77. The maximum atomic E-state index is 12.9. The van der Waals surface area contributed by atoms with Crippen molar-refractivity contribution in [3.05, 3.63) is 51.4 Å². The van der Waals surface area contributed by atoms with Crippen LogP contribution in [0.1, 0.15) is 35.5 Å². The first-order valence-electron chi connectivity index (χ1n) is 7.38. The van der Waals surface area contributed by atoms with Gasteiger partial charge in [-0.05, 0) is 31.5 Å². The zero-order chi connectivity index (χ0) is 18.1. The highest BCUT2D eigenvalue weighted by Crippen LogP contribution is 2.30. The second-order valence-corrected chi connectivity index (χ2v) is 5.08. The standard InChI is InChI=1S/C16H17F3N2O3/c1-4-12-13(15(23)24-5-2)14(22)21(20(12)3)11-8-6-7-10(9-11)16(17,18)19/h6-9H,4-5H2,1-3H3. The first-order chi connectivity index (χ1) is 11.2. The highest BCUT2D eigenvalue weighted by molar-refractivity contribution is 5.90. The van der Waals surface area contributed by atoms with Crippen LogP contribution in [0.3, 0.4) is 0 Å². The molecule has 0 aliphatic rings. The van der Waals surface area contributed by atoms with E-state index in [2.05, 4.69) is 0 Å². The topological polar surface area (TPSA) is 53.2 Å². The predicted molar refractivity (Wildman–Crippen MR) is 81.3 cm³/mol. The third kappa shape index (κ3) is 3.08. The number of alkyl halides is 3. The Labute approximate surface area is 136 Å². The minimum absolute atomic E-state index is 0.0302. The maximum Gasteiger partial charge on any atom is 0.416 e. The largest absolute Gasteiger partial charge is 0.462 e. The third-order valence-electron chi connectivity index (χ3n) is 3.62. The number of aromatic nitrogens is 2. The van der Waals surface area contributed by atoms with Gasteiger partial charge in [0, 0.05) is 7.05 Å². The lowest BCUT2D eigenvalue weighted by Crippen LogP contribution is -2.23. The molecule has 1 aromatic carbocycles. The zero-order valence-electron chi connectivity index (χ0n) is 13.5. The van der Waals surface area contributed by atoms with Crippen LogP contribution in [0.25, 0.3) is 5.69 Å². The Kier molecular flexibility index (Phi) is 4.86. The molecule has 0 N–H and O–H groups in total. The average molecular weight is 342 g/mol. The van der Waals surface area contributed by atoms with Crippen molar-refractivity contribution in [1.82, 2.24) is 9.36 Å². The summed E-state index contributed by atoms with van der Waals surface area (Å²) < 4.78 is 46.0. The monoisotopic (exact) mass is 342 g/mol. The molecule has 0 bridgehead atoms.